The van der Waals surface area contributed by atoms with Crippen LogP contribution < -0.4 is 13.1 Å². The van der Waals surface area contributed by atoms with Crippen molar-refractivity contribution in [3.63, 3.8) is 0 Å². The molecule has 0 saturated heterocycles. The van der Waals surface area contributed by atoms with Gasteiger partial charge < -0.3 is 0 Å². The molecule has 0 spiro atoms. The predicted molar refractivity (Wildman–Crippen MR) is 125 cm³/mol. The minimum atomic E-state index is -4.60. The van der Waals surface area contributed by atoms with E-state index in [4.69, 9.17) is 3.17 Å². The Balaban J connectivity index is 2.09. The second kappa shape index (κ2) is 7.88. The van der Waals surface area contributed by atoms with E-state index in [1.807, 2.05) is 96.7 Å². The summed E-state index contributed by atoms with van der Waals surface area (Å²) in [5.74, 6) is 0. The first-order chi connectivity index (χ1) is 14.4. The third-order valence-electron chi connectivity index (χ3n) is 5.45. The molecule has 0 aliphatic heterocycles. The van der Waals surface area contributed by atoms with Crippen LogP contribution in [0.3, 0.4) is 0 Å². The molecule has 0 N–H and O–H groups in total. The number of hydrogen-bond acceptors (Lipinski definition) is 3. The van der Waals surface area contributed by atoms with Crippen molar-refractivity contribution in [1.29, 1.82) is 0 Å². The fraction of sp³-hybridized carbons (Fsp3) is 0.0400. The summed E-state index contributed by atoms with van der Waals surface area (Å²) in [6, 6.07) is 37.6. The normalized spacial score (nSPS) is 13.3. The Morgan fingerprint density at radius 1 is 0.533 bits per heavy atom. The molecule has 0 amide bonds. The molecule has 4 aromatic rings. The van der Waals surface area contributed by atoms with Gasteiger partial charge in [-0.3, -0.25) is 0 Å². The second-order valence-electron chi connectivity index (χ2n) is 7.31. The molecule has 0 saturated carbocycles. The van der Waals surface area contributed by atoms with E-state index in [1.165, 1.54) is 0 Å². The Morgan fingerprint density at radius 3 is 1.17 bits per heavy atom. The molecule has 3 nitrogen and oxygen atoms in total. The summed E-state index contributed by atoms with van der Waals surface area (Å²) >= 11 is -4.60. The average molecular weight is 478 g/mol. The summed E-state index contributed by atoms with van der Waals surface area (Å²) in [6.45, 7) is 0. The van der Waals surface area contributed by atoms with Gasteiger partial charge in [0.1, 0.15) is 0 Å². The average Bonchev–Trinajstić information content (AvgIpc) is 2.81. The molecular weight excluding hydrogens is 455 g/mol. The van der Waals surface area contributed by atoms with E-state index in [2.05, 4.69) is 0 Å². The summed E-state index contributed by atoms with van der Waals surface area (Å²) < 4.78 is 36.4. The number of rotatable bonds is 6. The predicted octanol–water partition coefficient (Wildman–Crippen LogP) is 3.64. The van der Waals surface area contributed by atoms with Crippen molar-refractivity contribution in [2.75, 3.05) is 0 Å². The molecule has 0 heterocycles. The van der Waals surface area contributed by atoms with E-state index >= 15 is 0 Å². The van der Waals surface area contributed by atoms with Crippen LogP contribution in [0.15, 0.2) is 126 Å². The SMILES string of the molecule is C[As](OS(=O)(=O)c1ccccc1)(c1ccccc1)(c1ccccc1)c1ccccc1. The van der Waals surface area contributed by atoms with Crippen molar-refractivity contribution in [3.8, 4) is 0 Å². The summed E-state index contributed by atoms with van der Waals surface area (Å²) in [5, 5.41) is 0. The van der Waals surface area contributed by atoms with Gasteiger partial charge in [-0.2, -0.15) is 0 Å². The van der Waals surface area contributed by atoms with Gasteiger partial charge in [0, 0.05) is 0 Å². The van der Waals surface area contributed by atoms with Crippen molar-refractivity contribution in [1.82, 2.24) is 0 Å². The van der Waals surface area contributed by atoms with Gasteiger partial charge in [-0.05, 0) is 0 Å². The topological polar surface area (TPSA) is 43.4 Å². The molecule has 30 heavy (non-hydrogen) atoms. The Morgan fingerprint density at radius 2 is 0.833 bits per heavy atom. The molecule has 0 bridgehead atoms. The standard InChI is InChI=1S/C25H23AsO3S/c1-26(22-14-6-2-7-15-22,23-16-8-3-9-17-23,24-18-10-4-11-19-24)29-30(27,28)25-20-12-5-13-21-25/h2-21H,1H3. The first-order valence-electron chi connectivity index (χ1n) is 9.65. The molecule has 0 unspecified atom stereocenters. The van der Waals surface area contributed by atoms with E-state index < -0.39 is 22.9 Å². The van der Waals surface area contributed by atoms with Crippen LogP contribution in [0.4, 0.5) is 0 Å². The van der Waals surface area contributed by atoms with Crippen LogP contribution in [-0.4, -0.2) is 21.2 Å². The van der Waals surface area contributed by atoms with Gasteiger partial charge in [-0.25, -0.2) is 0 Å². The molecule has 5 heteroatoms. The number of hydrogen-bond donors (Lipinski definition) is 0. The molecule has 4 aromatic carbocycles. The third kappa shape index (κ3) is 3.41. The van der Waals surface area contributed by atoms with Crippen molar-refractivity contribution < 1.29 is 11.6 Å². The van der Waals surface area contributed by atoms with E-state index in [-0.39, 0.29) is 4.90 Å². The van der Waals surface area contributed by atoms with Gasteiger partial charge in [0.05, 0.1) is 0 Å². The van der Waals surface area contributed by atoms with Crippen LogP contribution in [0.1, 0.15) is 0 Å². The van der Waals surface area contributed by atoms with E-state index in [1.54, 1.807) is 30.3 Å². The first kappa shape index (κ1) is 20.6. The maximum absolute atomic E-state index is 13.6. The molecule has 0 radical (unpaired) electrons. The molecule has 0 aliphatic rings. The zero-order valence-electron chi connectivity index (χ0n) is 16.6. The molecule has 4 rings (SSSR count). The van der Waals surface area contributed by atoms with Crippen LogP contribution in [0, 0.1) is 0 Å². The van der Waals surface area contributed by atoms with Gasteiger partial charge in [0.25, 0.3) is 0 Å². The molecule has 0 aromatic heterocycles. The Kier molecular flexibility index (Phi) is 5.42. The zero-order chi connectivity index (χ0) is 21.1. The minimum absolute atomic E-state index is 0.154. The zero-order valence-corrected chi connectivity index (χ0v) is 19.3. The molecular formula is C25H23AsO3S. The van der Waals surface area contributed by atoms with Crippen LogP contribution in [0.5, 0.6) is 0 Å². The van der Waals surface area contributed by atoms with E-state index in [9.17, 15) is 8.42 Å². The summed E-state index contributed by atoms with van der Waals surface area (Å²) in [7, 11) is -4.04. The van der Waals surface area contributed by atoms with Gasteiger partial charge >= 0.3 is 179 Å². The van der Waals surface area contributed by atoms with Gasteiger partial charge in [0.2, 0.25) is 0 Å². The molecule has 0 aliphatic carbocycles. The van der Waals surface area contributed by atoms with Gasteiger partial charge in [0.15, 0.2) is 0 Å². The molecule has 0 atom stereocenters. The fourth-order valence-electron chi connectivity index (χ4n) is 3.81. The molecule has 152 valence electrons. The molecule has 0 fully saturated rings. The van der Waals surface area contributed by atoms with Crippen molar-refractivity contribution in [2.45, 2.75) is 10.6 Å². The third-order valence-corrected chi connectivity index (χ3v) is 20.2. The van der Waals surface area contributed by atoms with Crippen molar-refractivity contribution >= 4 is 36.0 Å². The summed E-state index contributed by atoms with van der Waals surface area (Å²) in [4.78, 5) is 0.154. The van der Waals surface area contributed by atoms with Crippen LogP contribution in [-0.2, 0) is 13.3 Å². The Labute approximate surface area is 179 Å². The van der Waals surface area contributed by atoms with Crippen LogP contribution in [0.2, 0.25) is 5.71 Å². The monoisotopic (exact) mass is 478 g/mol. The van der Waals surface area contributed by atoms with Gasteiger partial charge in [-0.15, -0.1) is 0 Å². The first-order valence-corrected chi connectivity index (χ1v) is 16.5. The van der Waals surface area contributed by atoms with Crippen molar-refractivity contribution in [3.05, 3.63) is 121 Å². The number of benzene rings is 4. The maximum atomic E-state index is 13.6. The van der Waals surface area contributed by atoms with Crippen LogP contribution >= 0.6 is 0 Å². The van der Waals surface area contributed by atoms with E-state index in [0.29, 0.717) is 0 Å². The van der Waals surface area contributed by atoms with E-state index in [0.717, 1.165) is 13.1 Å². The van der Waals surface area contributed by atoms with Gasteiger partial charge in [-0.1, -0.05) is 0 Å². The fourth-order valence-corrected chi connectivity index (χ4v) is 17.9. The Bertz CT molecular complexity index is 1130. The van der Waals surface area contributed by atoms with Crippen LogP contribution in [0.25, 0.3) is 0 Å². The van der Waals surface area contributed by atoms with Crippen molar-refractivity contribution in [2.24, 2.45) is 0 Å². The summed E-state index contributed by atoms with van der Waals surface area (Å²) in [6.07, 6.45) is 0. The summed E-state index contributed by atoms with van der Waals surface area (Å²) in [5.41, 5.74) is 2.01. The Hall–Kier alpha value is -2.65. The quantitative estimate of drug-likeness (QED) is 0.398. The second-order valence-corrected chi connectivity index (χ2v) is 19.2.